The van der Waals surface area contributed by atoms with E-state index < -0.39 is 0 Å². The third-order valence-corrected chi connectivity index (χ3v) is 5.09. The van der Waals surface area contributed by atoms with Crippen LogP contribution in [0.2, 0.25) is 5.02 Å². The Morgan fingerprint density at radius 1 is 0.783 bits per heavy atom. The molecule has 0 radical (unpaired) electrons. The lowest BCUT2D eigenvalue weighted by molar-refractivity contribution is 0.477. The van der Waals surface area contributed by atoms with Crippen LogP contribution in [0.1, 0.15) is 25.0 Å². The quantitative estimate of drug-likeness (QED) is 0.581. The van der Waals surface area contributed by atoms with E-state index in [1.165, 1.54) is 22.3 Å². The van der Waals surface area contributed by atoms with Crippen LogP contribution in [0.3, 0.4) is 0 Å². The van der Waals surface area contributed by atoms with E-state index in [1.807, 2.05) is 24.3 Å². The molecule has 0 bridgehead atoms. The molecule has 0 saturated carbocycles. The molecule has 4 rings (SSSR count). The summed E-state index contributed by atoms with van der Waals surface area (Å²) in [7, 11) is 0. The lowest BCUT2D eigenvalue weighted by Gasteiger charge is -2.21. The highest BCUT2D eigenvalue weighted by Crippen LogP contribution is 2.50. The number of rotatable bonds is 1. The summed E-state index contributed by atoms with van der Waals surface area (Å²) < 4.78 is 0. The zero-order valence-corrected chi connectivity index (χ0v) is 13.9. The molecule has 0 amide bonds. The number of halogens is 1. The minimum Gasteiger partial charge on any atom is -0.507 e. The van der Waals surface area contributed by atoms with Crippen LogP contribution in [-0.4, -0.2) is 5.11 Å². The van der Waals surface area contributed by atoms with Crippen molar-refractivity contribution in [2.24, 2.45) is 0 Å². The van der Waals surface area contributed by atoms with Gasteiger partial charge in [-0.25, -0.2) is 0 Å². The Bertz CT molecular complexity index is 925. The highest BCUT2D eigenvalue weighted by Gasteiger charge is 2.35. The smallest absolute Gasteiger partial charge is 0.123 e. The summed E-state index contributed by atoms with van der Waals surface area (Å²) in [5, 5.41) is 10.9. The van der Waals surface area contributed by atoms with Crippen LogP contribution >= 0.6 is 11.6 Å². The Morgan fingerprint density at radius 2 is 1.57 bits per heavy atom. The molecule has 0 heterocycles. The van der Waals surface area contributed by atoms with Crippen molar-refractivity contribution in [1.82, 2.24) is 0 Å². The zero-order chi connectivity index (χ0) is 16.2. The molecule has 2 heteroatoms. The SMILES string of the molecule is CC1(C)c2ccc(-c3ccccc3O)cc2-c2ccc(Cl)cc21. The second kappa shape index (κ2) is 4.87. The second-order valence-electron chi connectivity index (χ2n) is 6.59. The van der Waals surface area contributed by atoms with Crippen LogP contribution in [0.4, 0.5) is 0 Å². The van der Waals surface area contributed by atoms with Gasteiger partial charge in [-0.15, -0.1) is 0 Å². The fraction of sp³-hybridized carbons (Fsp3) is 0.143. The first-order valence-electron chi connectivity index (χ1n) is 7.72. The van der Waals surface area contributed by atoms with Gasteiger partial charge in [0.15, 0.2) is 0 Å². The van der Waals surface area contributed by atoms with Crippen molar-refractivity contribution in [2.45, 2.75) is 19.3 Å². The molecular formula is C21H17ClO. The molecule has 1 aliphatic carbocycles. The molecule has 23 heavy (non-hydrogen) atoms. The van der Waals surface area contributed by atoms with Gasteiger partial charge >= 0.3 is 0 Å². The molecule has 0 aliphatic heterocycles. The van der Waals surface area contributed by atoms with Crippen LogP contribution in [-0.2, 0) is 5.41 Å². The first-order valence-corrected chi connectivity index (χ1v) is 8.09. The molecule has 0 saturated heterocycles. The number of hydrogen-bond donors (Lipinski definition) is 1. The minimum absolute atomic E-state index is 0.0627. The van der Waals surface area contributed by atoms with Crippen molar-refractivity contribution in [3.63, 3.8) is 0 Å². The molecule has 0 atom stereocenters. The van der Waals surface area contributed by atoms with Crippen molar-refractivity contribution in [2.75, 3.05) is 0 Å². The van der Waals surface area contributed by atoms with Crippen molar-refractivity contribution in [1.29, 1.82) is 0 Å². The lowest BCUT2D eigenvalue weighted by atomic mass is 9.82. The molecule has 0 aromatic heterocycles. The number of benzene rings is 3. The number of fused-ring (bicyclic) bond motifs is 3. The first kappa shape index (κ1) is 14.3. The van der Waals surface area contributed by atoms with Gasteiger partial charge in [0.2, 0.25) is 0 Å². The molecule has 0 unspecified atom stereocenters. The van der Waals surface area contributed by atoms with E-state index in [0.717, 1.165) is 16.1 Å². The normalized spacial score (nSPS) is 14.4. The Balaban J connectivity index is 1.96. The second-order valence-corrected chi connectivity index (χ2v) is 7.03. The third-order valence-electron chi connectivity index (χ3n) is 4.85. The maximum Gasteiger partial charge on any atom is 0.123 e. The van der Waals surface area contributed by atoms with Gasteiger partial charge in [-0.2, -0.15) is 0 Å². The predicted molar refractivity (Wildman–Crippen MR) is 96.1 cm³/mol. The maximum atomic E-state index is 10.1. The van der Waals surface area contributed by atoms with Gasteiger partial charge in [-0.1, -0.05) is 61.8 Å². The molecule has 3 aromatic rings. The van der Waals surface area contributed by atoms with E-state index >= 15 is 0 Å². The van der Waals surface area contributed by atoms with E-state index in [-0.39, 0.29) is 5.41 Å². The third kappa shape index (κ3) is 2.08. The van der Waals surface area contributed by atoms with E-state index in [2.05, 4.69) is 44.2 Å². The summed E-state index contributed by atoms with van der Waals surface area (Å²) in [5.41, 5.74) is 6.83. The number of para-hydroxylation sites is 1. The van der Waals surface area contributed by atoms with E-state index in [1.54, 1.807) is 6.07 Å². The van der Waals surface area contributed by atoms with E-state index in [9.17, 15) is 5.11 Å². The number of hydrogen-bond acceptors (Lipinski definition) is 1. The van der Waals surface area contributed by atoms with Crippen molar-refractivity contribution >= 4 is 11.6 Å². The van der Waals surface area contributed by atoms with Gasteiger partial charge in [0.05, 0.1) is 0 Å². The van der Waals surface area contributed by atoms with Gasteiger partial charge in [-0.05, 0) is 52.1 Å². The predicted octanol–water partition coefficient (Wildman–Crippen LogP) is 6.02. The summed E-state index contributed by atoms with van der Waals surface area (Å²) in [6, 6.07) is 20.0. The average Bonchev–Trinajstić information content (AvgIpc) is 2.75. The highest BCUT2D eigenvalue weighted by atomic mass is 35.5. The van der Waals surface area contributed by atoms with E-state index in [0.29, 0.717) is 5.75 Å². The molecule has 0 spiro atoms. The largest absolute Gasteiger partial charge is 0.507 e. The van der Waals surface area contributed by atoms with Crippen molar-refractivity contribution < 1.29 is 5.11 Å². The monoisotopic (exact) mass is 320 g/mol. The van der Waals surface area contributed by atoms with Gasteiger partial charge < -0.3 is 5.11 Å². The molecular weight excluding hydrogens is 304 g/mol. The van der Waals surface area contributed by atoms with Gasteiger partial charge in [0, 0.05) is 16.0 Å². The number of phenols is 1. The Hall–Kier alpha value is -2.25. The summed E-state index contributed by atoms with van der Waals surface area (Å²) in [4.78, 5) is 0. The summed E-state index contributed by atoms with van der Waals surface area (Å²) in [6.45, 7) is 4.46. The van der Waals surface area contributed by atoms with Crippen LogP contribution in [0.5, 0.6) is 5.75 Å². The lowest BCUT2D eigenvalue weighted by Crippen LogP contribution is -2.14. The topological polar surface area (TPSA) is 20.2 Å². The molecule has 1 N–H and O–H groups in total. The van der Waals surface area contributed by atoms with Gasteiger partial charge in [0.25, 0.3) is 0 Å². The minimum atomic E-state index is -0.0627. The van der Waals surface area contributed by atoms with Crippen molar-refractivity contribution in [3.05, 3.63) is 76.8 Å². The number of aromatic hydroxyl groups is 1. The zero-order valence-electron chi connectivity index (χ0n) is 13.1. The van der Waals surface area contributed by atoms with E-state index in [4.69, 9.17) is 11.6 Å². The maximum absolute atomic E-state index is 10.1. The van der Waals surface area contributed by atoms with Gasteiger partial charge in [-0.3, -0.25) is 0 Å². The van der Waals surface area contributed by atoms with Crippen LogP contribution < -0.4 is 0 Å². The van der Waals surface area contributed by atoms with Gasteiger partial charge in [0.1, 0.15) is 5.75 Å². The molecule has 0 fully saturated rings. The Morgan fingerprint density at radius 3 is 2.35 bits per heavy atom. The summed E-state index contributed by atoms with van der Waals surface area (Å²) in [5.74, 6) is 0.307. The summed E-state index contributed by atoms with van der Waals surface area (Å²) in [6.07, 6.45) is 0. The molecule has 1 nitrogen and oxygen atoms in total. The summed E-state index contributed by atoms with van der Waals surface area (Å²) >= 11 is 6.21. The first-order chi connectivity index (χ1) is 11.0. The van der Waals surface area contributed by atoms with Crippen LogP contribution in [0.15, 0.2) is 60.7 Å². The Labute approximate surface area is 141 Å². The average molecular weight is 321 g/mol. The molecule has 1 aliphatic rings. The van der Waals surface area contributed by atoms with Crippen molar-refractivity contribution in [3.8, 4) is 28.0 Å². The standard InChI is InChI=1S/C21H17ClO/c1-21(2)18-10-7-13(15-5-3-4-6-20(15)23)11-17(18)16-9-8-14(22)12-19(16)21/h3-12,23H,1-2H3. The fourth-order valence-electron chi connectivity index (χ4n) is 3.61. The highest BCUT2D eigenvalue weighted by molar-refractivity contribution is 6.30. The van der Waals surface area contributed by atoms with Crippen LogP contribution in [0.25, 0.3) is 22.3 Å². The Kier molecular flexibility index (Phi) is 3.04. The molecule has 114 valence electrons. The van der Waals surface area contributed by atoms with Crippen LogP contribution in [0, 0.1) is 0 Å². The number of phenolic OH excluding ortho intramolecular Hbond substituents is 1. The molecule has 3 aromatic carbocycles. The fourth-order valence-corrected chi connectivity index (χ4v) is 3.78.